The lowest BCUT2D eigenvalue weighted by molar-refractivity contribution is 0.0562. The Kier molecular flexibility index (Phi) is 6.75. The average molecular weight is 282 g/mol. The number of hydrogen-bond donors (Lipinski definition) is 1. The van der Waals surface area contributed by atoms with Crippen LogP contribution in [0.5, 0.6) is 0 Å². The Hall–Kier alpha value is -1.33. The van der Waals surface area contributed by atoms with Gasteiger partial charge in [-0.25, -0.2) is 4.79 Å². The fraction of sp³-hybridized carbons (Fsp3) is 0.667. The van der Waals surface area contributed by atoms with Crippen LogP contribution in [0, 0.1) is 5.92 Å². The Morgan fingerprint density at radius 3 is 2.65 bits per heavy atom. The maximum atomic E-state index is 11.3. The highest BCUT2D eigenvalue weighted by atomic mass is 16.5. The number of rotatable bonds is 8. The summed E-state index contributed by atoms with van der Waals surface area (Å²) in [5.41, 5.74) is 0. The number of carbonyl (C=O) groups is 1. The lowest BCUT2D eigenvalue weighted by Crippen LogP contribution is -2.38. The Morgan fingerprint density at radius 2 is 2.10 bits per heavy atom. The lowest BCUT2D eigenvalue weighted by atomic mass is 10.0. The number of carbonyl (C=O) groups excluding carboxylic acids is 1. The van der Waals surface area contributed by atoms with Gasteiger partial charge in [-0.2, -0.15) is 0 Å². The van der Waals surface area contributed by atoms with Crippen molar-refractivity contribution in [1.82, 2.24) is 10.2 Å². The Morgan fingerprint density at radius 1 is 1.40 bits per heavy atom. The zero-order chi connectivity index (χ0) is 15.1. The summed E-state index contributed by atoms with van der Waals surface area (Å²) in [6.07, 6.45) is 1.10. The van der Waals surface area contributed by atoms with Crippen molar-refractivity contribution in [2.45, 2.75) is 32.9 Å². The molecular weight excluding hydrogens is 256 g/mol. The van der Waals surface area contributed by atoms with E-state index in [-0.39, 0.29) is 5.76 Å². The average Bonchev–Trinajstić information content (AvgIpc) is 2.82. The number of hydrogen-bond acceptors (Lipinski definition) is 5. The molecule has 0 spiro atoms. The van der Waals surface area contributed by atoms with E-state index in [0.29, 0.717) is 18.5 Å². The van der Waals surface area contributed by atoms with Crippen LogP contribution in [-0.2, 0) is 11.3 Å². The SMILES string of the molecule is COC(=O)c1ccc(CNC(CC(C)C)CN(C)C)o1. The van der Waals surface area contributed by atoms with Crippen molar-refractivity contribution in [1.29, 1.82) is 0 Å². The largest absolute Gasteiger partial charge is 0.463 e. The van der Waals surface area contributed by atoms with E-state index in [1.165, 1.54) is 7.11 Å². The second kappa shape index (κ2) is 8.07. The molecule has 1 aromatic rings. The quantitative estimate of drug-likeness (QED) is 0.740. The summed E-state index contributed by atoms with van der Waals surface area (Å²) in [7, 11) is 5.48. The number of likely N-dealkylation sites (N-methyl/N-ethyl adjacent to an activating group) is 1. The summed E-state index contributed by atoms with van der Waals surface area (Å²) in [6, 6.07) is 3.85. The predicted molar refractivity (Wildman–Crippen MR) is 78.7 cm³/mol. The van der Waals surface area contributed by atoms with E-state index < -0.39 is 5.97 Å². The van der Waals surface area contributed by atoms with Gasteiger partial charge >= 0.3 is 5.97 Å². The fourth-order valence-corrected chi connectivity index (χ4v) is 2.16. The number of nitrogens with zero attached hydrogens (tertiary/aromatic N) is 1. The zero-order valence-corrected chi connectivity index (χ0v) is 13.1. The molecule has 20 heavy (non-hydrogen) atoms. The van der Waals surface area contributed by atoms with Crippen LogP contribution in [0.3, 0.4) is 0 Å². The van der Waals surface area contributed by atoms with Gasteiger partial charge in [0.15, 0.2) is 0 Å². The normalized spacial score (nSPS) is 12.9. The molecule has 1 heterocycles. The molecule has 1 rings (SSSR count). The molecule has 0 saturated heterocycles. The van der Waals surface area contributed by atoms with E-state index in [0.717, 1.165) is 18.7 Å². The summed E-state index contributed by atoms with van der Waals surface area (Å²) in [4.78, 5) is 13.5. The van der Waals surface area contributed by atoms with Gasteiger partial charge in [0.25, 0.3) is 0 Å². The monoisotopic (exact) mass is 282 g/mol. The van der Waals surface area contributed by atoms with Crippen LogP contribution < -0.4 is 5.32 Å². The summed E-state index contributed by atoms with van der Waals surface area (Å²) in [5, 5.41) is 3.48. The standard InChI is InChI=1S/C15H26N2O3/c1-11(2)8-12(10-17(3)4)16-9-13-6-7-14(20-13)15(18)19-5/h6-7,11-12,16H,8-10H2,1-5H3. The van der Waals surface area contributed by atoms with E-state index in [1.54, 1.807) is 12.1 Å². The minimum atomic E-state index is -0.441. The Bertz CT molecular complexity index is 403. The van der Waals surface area contributed by atoms with Gasteiger partial charge in [-0.05, 0) is 38.6 Å². The third-order valence-electron chi connectivity index (χ3n) is 2.95. The van der Waals surface area contributed by atoms with Crippen molar-refractivity contribution in [3.05, 3.63) is 23.7 Å². The van der Waals surface area contributed by atoms with Gasteiger partial charge in [0, 0.05) is 12.6 Å². The van der Waals surface area contributed by atoms with E-state index in [2.05, 4.69) is 42.9 Å². The van der Waals surface area contributed by atoms with Crippen molar-refractivity contribution in [2.24, 2.45) is 5.92 Å². The third kappa shape index (κ3) is 5.75. The highest BCUT2D eigenvalue weighted by molar-refractivity contribution is 5.86. The van der Waals surface area contributed by atoms with Crippen LogP contribution in [0.25, 0.3) is 0 Å². The first-order valence-electron chi connectivity index (χ1n) is 6.97. The third-order valence-corrected chi connectivity index (χ3v) is 2.95. The first-order valence-corrected chi connectivity index (χ1v) is 6.97. The van der Waals surface area contributed by atoms with Crippen molar-refractivity contribution in [3.8, 4) is 0 Å². The van der Waals surface area contributed by atoms with Crippen LogP contribution in [-0.4, -0.2) is 44.7 Å². The molecule has 0 fully saturated rings. The molecule has 0 aromatic carbocycles. The molecule has 0 radical (unpaired) electrons. The van der Waals surface area contributed by atoms with Gasteiger partial charge in [0.05, 0.1) is 13.7 Å². The number of furan rings is 1. The van der Waals surface area contributed by atoms with Crippen LogP contribution in [0.2, 0.25) is 0 Å². The number of methoxy groups -OCH3 is 1. The van der Waals surface area contributed by atoms with E-state index in [4.69, 9.17) is 4.42 Å². The molecule has 5 nitrogen and oxygen atoms in total. The lowest BCUT2D eigenvalue weighted by Gasteiger charge is -2.23. The smallest absolute Gasteiger partial charge is 0.373 e. The molecule has 114 valence electrons. The molecule has 0 aliphatic rings. The predicted octanol–water partition coefficient (Wildman–Crippen LogP) is 2.13. The first kappa shape index (κ1) is 16.7. The maximum absolute atomic E-state index is 11.3. The molecule has 1 N–H and O–H groups in total. The minimum Gasteiger partial charge on any atom is -0.463 e. The molecule has 1 aromatic heterocycles. The van der Waals surface area contributed by atoms with Crippen LogP contribution in [0.1, 0.15) is 36.6 Å². The molecule has 1 atom stereocenters. The van der Waals surface area contributed by atoms with Crippen molar-refractivity contribution < 1.29 is 13.9 Å². The molecule has 0 aliphatic heterocycles. The van der Waals surface area contributed by atoms with Gasteiger partial charge in [0.1, 0.15) is 5.76 Å². The van der Waals surface area contributed by atoms with E-state index in [9.17, 15) is 4.79 Å². The Labute approximate surface area is 121 Å². The van der Waals surface area contributed by atoms with Gasteiger partial charge < -0.3 is 19.4 Å². The molecular formula is C15H26N2O3. The summed E-state index contributed by atoms with van der Waals surface area (Å²) in [5.74, 6) is 1.19. The van der Waals surface area contributed by atoms with Crippen molar-refractivity contribution >= 4 is 5.97 Å². The fourth-order valence-electron chi connectivity index (χ4n) is 2.16. The van der Waals surface area contributed by atoms with Crippen LogP contribution in [0.15, 0.2) is 16.5 Å². The minimum absolute atomic E-state index is 0.248. The van der Waals surface area contributed by atoms with Crippen LogP contribution >= 0.6 is 0 Å². The van der Waals surface area contributed by atoms with Gasteiger partial charge in [-0.1, -0.05) is 13.8 Å². The highest BCUT2D eigenvalue weighted by Gasteiger charge is 2.14. The molecule has 5 heteroatoms. The number of esters is 1. The molecule has 1 unspecified atom stereocenters. The second-order valence-electron chi connectivity index (χ2n) is 5.73. The second-order valence-corrected chi connectivity index (χ2v) is 5.73. The maximum Gasteiger partial charge on any atom is 0.373 e. The number of ether oxygens (including phenoxy) is 1. The van der Waals surface area contributed by atoms with Gasteiger partial charge in [0.2, 0.25) is 5.76 Å². The van der Waals surface area contributed by atoms with E-state index in [1.807, 2.05) is 0 Å². The Balaban J connectivity index is 2.53. The molecule has 0 bridgehead atoms. The van der Waals surface area contributed by atoms with Gasteiger partial charge in [-0.3, -0.25) is 0 Å². The highest BCUT2D eigenvalue weighted by Crippen LogP contribution is 2.11. The molecule has 0 amide bonds. The van der Waals surface area contributed by atoms with Crippen LogP contribution in [0.4, 0.5) is 0 Å². The van der Waals surface area contributed by atoms with Crippen molar-refractivity contribution in [2.75, 3.05) is 27.7 Å². The van der Waals surface area contributed by atoms with Crippen molar-refractivity contribution in [3.63, 3.8) is 0 Å². The summed E-state index contributed by atoms with van der Waals surface area (Å²) < 4.78 is 10.1. The first-order chi connectivity index (χ1) is 9.42. The topological polar surface area (TPSA) is 54.7 Å². The summed E-state index contributed by atoms with van der Waals surface area (Å²) >= 11 is 0. The molecule has 0 saturated carbocycles. The summed E-state index contributed by atoms with van der Waals surface area (Å²) in [6.45, 7) is 6.02. The van der Waals surface area contributed by atoms with E-state index >= 15 is 0 Å². The van der Waals surface area contributed by atoms with Gasteiger partial charge in [-0.15, -0.1) is 0 Å². The zero-order valence-electron chi connectivity index (χ0n) is 13.1. The number of nitrogens with one attached hydrogen (secondary N) is 1. The molecule has 0 aliphatic carbocycles.